The van der Waals surface area contributed by atoms with E-state index in [2.05, 4.69) is 25.8 Å². The highest BCUT2D eigenvalue weighted by Crippen LogP contribution is 2.27. The molecule has 5 N–H and O–H groups in total. The number of carbonyl (C=O) groups is 1. The zero-order valence-electron chi connectivity index (χ0n) is 13.2. The lowest BCUT2D eigenvalue weighted by Gasteiger charge is -2.08. The van der Waals surface area contributed by atoms with Crippen molar-refractivity contribution in [3.8, 4) is 11.1 Å². The number of urea groups is 1. The van der Waals surface area contributed by atoms with E-state index in [4.69, 9.17) is 10.5 Å². The quantitative estimate of drug-likeness (QED) is 0.535. The van der Waals surface area contributed by atoms with Crippen LogP contribution in [0.4, 0.5) is 16.4 Å². The number of nitrogens with one attached hydrogen (secondary N) is 3. The van der Waals surface area contributed by atoms with Gasteiger partial charge in [0.05, 0.1) is 12.1 Å². The van der Waals surface area contributed by atoms with Crippen molar-refractivity contribution in [2.24, 2.45) is 0 Å². The summed E-state index contributed by atoms with van der Waals surface area (Å²) >= 11 is 0. The van der Waals surface area contributed by atoms with Crippen LogP contribution in [-0.2, 0) is 4.74 Å². The van der Waals surface area contributed by atoms with Crippen LogP contribution in [0, 0.1) is 0 Å². The molecule has 0 bridgehead atoms. The predicted molar refractivity (Wildman–Crippen MR) is 92.6 cm³/mol. The number of amides is 2. The minimum atomic E-state index is -0.328. The van der Waals surface area contributed by atoms with Gasteiger partial charge in [0.1, 0.15) is 5.82 Å². The maximum Gasteiger partial charge on any atom is 0.320 e. The van der Waals surface area contributed by atoms with Gasteiger partial charge in [0.2, 0.25) is 0 Å². The number of anilines is 2. The highest BCUT2D eigenvalue weighted by molar-refractivity contribution is 5.93. The summed E-state index contributed by atoms with van der Waals surface area (Å²) in [4.78, 5) is 15.9. The van der Waals surface area contributed by atoms with Gasteiger partial charge in [-0.05, 0) is 35.4 Å². The minimum Gasteiger partial charge on any atom is -0.383 e. The van der Waals surface area contributed by atoms with Gasteiger partial charge >= 0.3 is 6.03 Å². The number of nitrogens with zero attached hydrogens (tertiary/aromatic N) is 2. The van der Waals surface area contributed by atoms with Crippen LogP contribution in [0.25, 0.3) is 22.0 Å². The summed E-state index contributed by atoms with van der Waals surface area (Å²) in [5.74, 6) is 0.916. The maximum absolute atomic E-state index is 11.8. The summed E-state index contributed by atoms with van der Waals surface area (Å²) in [5.41, 5.74) is 8.60. The van der Waals surface area contributed by atoms with Gasteiger partial charge in [-0.1, -0.05) is 6.07 Å². The number of rotatable bonds is 5. The molecular weight excluding hydrogens is 308 g/mol. The second kappa shape index (κ2) is 6.97. The topological polar surface area (TPSA) is 118 Å². The molecule has 0 aliphatic heterocycles. The molecule has 0 spiro atoms. The van der Waals surface area contributed by atoms with Gasteiger partial charge in [0, 0.05) is 25.2 Å². The normalized spacial score (nSPS) is 10.7. The number of aromatic nitrogens is 3. The molecule has 3 rings (SSSR count). The van der Waals surface area contributed by atoms with Crippen molar-refractivity contribution in [2.75, 3.05) is 31.3 Å². The van der Waals surface area contributed by atoms with Gasteiger partial charge in [-0.3, -0.25) is 10.4 Å². The van der Waals surface area contributed by atoms with E-state index >= 15 is 0 Å². The first-order chi connectivity index (χ1) is 11.7. The monoisotopic (exact) mass is 326 g/mol. The Kier molecular flexibility index (Phi) is 4.57. The molecule has 124 valence electrons. The first kappa shape index (κ1) is 15.8. The lowest BCUT2D eigenvalue weighted by Crippen LogP contribution is -2.31. The number of ether oxygens (including phenoxy) is 1. The van der Waals surface area contributed by atoms with E-state index < -0.39 is 0 Å². The molecule has 0 saturated heterocycles. The van der Waals surface area contributed by atoms with Crippen molar-refractivity contribution in [3.05, 3.63) is 36.5 Å². The van der Waals surface area contributed by atoms with Crippen molar-refractivity contribution in [2.45, 2.75) is 0 Å². The maximum atomic E-state index is 11.8. The number of hydrogen-bond acceptors (Lipinski definition) is 5. The summed E-state index contributed by atoms with van der Waals surface area (Å²) in [6.45, 7) is 0.880. The van der Waals surface area contributed by atoms with Crippen molar-refractivity contribution in [3.63, 3.8) is 0 Å². The Morgan fingerprint density at radius 2 is 2.12 bits per heavy atom. The molecule has 24 heavy (non-hydrogen) atoms. The zero-order valence-corrected chi connectivity index (χ0v) is 13.2. The number of methoxy groups -OCH3 is 1. The molecule has 2 amide bonds. The number of hydrogen-bond donors (Lipinski definition) is 4. The molecule has 8 nitrogen and oxygen atoms in total. The van der Waals surface area contributed by atoms with Crippen LogP contribution in [0.15, 0.2) is 36.5 Å². The first-order valence-electron chi connectivity index (χ1n) is 7.41. The lowest BCUT2D eigenvalue weighted by molar-refractivity contribution is 0.198. The first-order valence-corrected chi connectivity index (χ1v) is 7.41. The van der Waals surface area contributed by atoms with Crippen LogP contribution >= 0.6 is 0 Å². The van der Waals surface area contributed by atoms with Gasteiger partial charge < -0.3 is 15.8 Å². The van der Waals surface area contributed by atoms with Crippen molar-refractivity contribution < 1.29 is 9.53 Å². The third kappa shape index (κ3) is 3.44. The summed E-state index contributed by atoms with van der Waals surface area (Å²) in [6.07, 6.45) is 1.64. The average Bonchev–Trinajstić information content (AvgIpc) is 2.96. The van der Waals surface area contributed by atoms with Gasteiger partial charge in [0.15, 0.2) is 5.82 Å². The second-order valence-corrected chi connectivity index (χ2v) is 5.17. The molecular formula is C16H18N6O2. The number of H-pyrrole nitrogens is 1. The van der Waals surface area contributed by atoms with Gasteiger partial charge in [-0.15, -0.1) is 0 Å². The average molecular weight is 326 g/mol. The molecule has 0 fully saturated rings. The van der Waals surface area contributed by atoms with Crippen LogP contribution in [0.3, 0.4) is 0 Å². The smallest absolute Gasteiger partial charge is 0.320 e. The van der Waals surface area contributed by atoms with Crippen LogP contribution in [0.1, 0.15) is 0 Å². The van der Waals surface area contributed by atoms with Crippen molar-refractivity contribution in [1.82, 2.24) is 20.5 Å². The summed E-state index contributed by atoms with van der Waals surface area (Å²) < 4.78 is 4.88. The molecule has 0 atom stereocenters. The van der Waals surface area contributed by atoms with Crippen molar-refractivity contribution in [1.29, 1.82) is 0 Å². The van der Waals surface area contributed by atoms with E-state index in [1.807, 2.05) is 24.3 Å². The van der Waals surface area contributed by atoms with Gasteiger partial charge in [0.25, 0.3) is 0 Å². The highest BCUT2D eigenvalue weighted by Gasteiger charge is 2.07. The predicted octanol–water partition coefficient (Wildman–Crippen LogP) is 1.97. The fraction of sp³-hybridized carbons (Fsp3) is 0.188. The van der Waals surface area contributed by atoms with E-state index in [0.717, 1.165) is 22.0 Å². The lowest BCUT2D eigenvalue weighted by atomic mass is 10.0. The Morgan fingerprint density at radius 1 is 1.29 bits per heavy atom. The number of aromatic amines is 1. The number of nitrogens with two attached hydrogens (primary N) is 1. The molecule has 2 aromatic heterocycles. The number of pyridine rings is 1. The number of nitrogen functional groups attached to an aromatic ring is 1. The number of carbonyl (C=O) groups excluding carboxylic acids is 1. The third-order valence-corrected chi connectivity index (χ3v) is 3.52. The van der Waals surface area contributed by atoms with Crippen molar-refractivity contribution >= 4 is 28.6 Å². The Morgan fingerprint density at radius 3 is 2.96 bits per heavy atom. The van der Waals surface area contributed by atoms with E-state index in [1.54, 1.807) is 19.4 Å². The van der Waals surface area contributed by atoms with Crippen LogP contribution in [-0.4, -0.2) is 41.5 Å². The summed E-state index contributed by atoms with van der Waals surface area (Å²) in [7, 11) is 1.58. The zero-order chi connectivity index (χ0) is 16.9. The molecule has 2 heterocycles. The van der Waals surface area contributed by atoms with Crippen LogP contribution in [0.2, 0.25) is 0 Å². The van der Waals surface area contributed by atoms with Gasteiger partial charge in [-0.25, -0.2) is 9.78 Å². The fourth-order valence-electron chi connectivity index (χ4n) is 2.32. The van der Waals surface area contributed by atoms with E-state index in [-0.39, 0.29) is 6.03 Å². The highest BCUT2D eigenvalue weighted by atomic mass is 16.5. The van der Waals surface area contributed by atoms with Crippen LogP contribution < -0.4 is 16.4 Å². The molecule has 0 aliphatic rings. The van der Waals surface area contributed by atoms with E-state index in [1.165, 1.54) is 0 Å². The number of benzene rings is 1. The van der Waals surface area contributed by atoms with Gasteiger partial charge in [-0.2, -0.15) is 5.10 Å². The summed E-state index contributed by atoms with van der Waals surface area (Å²) in [5, 5.41) is 13.1. The molecule has 0 unspecified atom stereocenters. The molecule has 1 aromatic carbocycles. The molecule has 0 aliphatic carbocycles. The minimum absolute atomic E-state index is 0.328. The molecule has 0 saturated carbocycles. The summed E-state index contributed by atoms with van der Waals surface area (Å²) in [6, 6.07) is 9.16. The Balaban J connectivity index is 1.78. The molecule has 0 radical (unpaired) electrons. The van der Waals surface area contributed by atoms with E-state index in [9.17, 15) is 4.79 Å². The Hall–Kier alpha value is -3.13. The molecule has 8 heteroatoms. The Bertz CT molecular complexity index is 861. The Labute approximate surface area is 138 Å². The standard InChI is InChI=1S/C16H18N6O2/c1-24-7-6-19-16(23)20-14-9-11(4-5-18-14)10-2-3-13-12(8-10)15(17)22-21-13/h2-5,8-9H,6-7H2,1H3,(H3,17,21,22)(H2,18,19,20,23). The van der Waals surface area contributed by atoms with Crippen LogP contribution in [0.5, 0.6) is 0 Å². The molecule has 3 aromatic rings. The van der Waals surface area contributed by atoms with E-state index in [0.29, 0.717) is 24.8 Å². The second-order valence-electron chi connectivity index (χ2n) is 5.17. The number of fused-ring (bicyclic) bond motifs is 1. The fourth-order valence-corrected chi connectivity index (χ4v) is 2.32. The third-order valence-electron chi connectivity index (χ3n) is 3.52. The largest absolute Gasteiger partial charge is 0.383 e. The SMILES string of the molecule is COCCNC(=O)Nc1cc(-c2ccc3[nH]nc(N)c3c2)ccn1.